The molecule has 0 aliphatic heterocycles. The van der Waals surface area contributed by atoms with Crippen LogP contribution in [-0.2, 0) is 0 Å². The Morgan fingerprint density at radius 3 is 2.79 bits per heavy atom. The van der Waals surface area contributed by atoms with Crippen LogP contribution in [0.3, 0.4) is 0 Å². The number of fused-ring (bicyclic) bond motifs is 2. The van der Waals surface area contributed by atoms with Crippen molar-refractivity contribution in [3.05, 3.63) is 77.7 Å². The topological polar surface area (TPSA) is 84.9 Å². The molecule has 7 heteroatoms. The molecule has 0 bridgehead atoms. The molecule has 6 nitrogen and oxygen atoms in total. The molecular weight excluding hydrogens is 384 g/mol. The van der Waals surface area contributed by atoms with Crippen molar-refractivity contribution in [1.82, 2.24) is 18.9 Å². The number of imidazole rings is 1. The molecule has 29 heavy (non-hydrogen) atoms. The van der Waals surface area contributed by atoms with E-state index in [4.69, 9.17) is 17.3 Å². The van der Waals surface area contributed by atoms with E-state index in [1.807, 2.05) is 48.1 Å². The number of anilines is 1. The van der Waals surface area contributed by atoms with Crippen LogP contribution in [0.5, 0.6) is 0 Å². The van der Waals surface area contributed by atoms with Crippen molar-refractivity contribution in [3.63, 3.8) is 0 Å². The van der Waals surface area contributed by atoms with Gasteiger partial charge in [0.1, 0.15) is 0 Å². The Balaban J connectivity index is 1.86. The first-order chi connectivity index (χ1) is 14.1. The van der Waals surface area contributed by atoms with Crippen molar-refractivity contribution < 1.29 is 0 Å². The van der Waals surface area contributed by atoms with Gasteiger partial charge in [-0.25, -0.2) is 4.98 Å². The monoisotopic (exact) mass is 398 g/mol. The van der Waals surface area contributed by atoms with Crippen molar-refractivity contribution in [1.29, 1.82) is 5.26 Å². The fourth-order valence-electron chi connectivity index (χ4n) is 3.63. The number of rotatable bonds is 2. The number of nitrogen functional groups attached to an aromatic ring is 1. The van der Waals surface area contributed by atoms with Gasteiger partial charge in [0, 0.05) is 40.8 Å². The zero-order valence-corrected chi connectivity index (χ0v) is 16.2. The maximum atomic E-state index is 9.53. The molecule has 0 spiro atoms. The summed E-state index contributed by atoms with van der Waals surface area (Å²) in [5, 5.41) is 10.9. The Kier molecular flexibility index (Phi) is 3.79. The van der Waals surface area contributed by atoms with Crippen LogP contribution in [0.25, 0.3) is 33.2 Å². The van der Waals surface area contributed by atoms with Crippen LogP contribution >= 0.6 is 11.6 Å². The van der Waals surface area contributed by atoms with Gasteiger partial charge in [0.15, 0.2) is 0 Å². The van der Waals surface area contributed by atoms with Gasteiger partial charge in [-0.05, 0) is 36.8 Å². The minimum Gasteiger partial charge on any atom is -0.396 e. The molecule has 4 heterocycles. The summed E-state index contributed by atoms with van der Waals surface area (Å²) in [5.41, 5.74) is 12.5. The number of hydrogen-bond acceptors (Lipinski definition) is 4. The standard InChI is InChI=1S/C22H15ClN6/c1-13-4-21-17(5-14(13)7-24)19(18-9-26-10-20(25)22(18)23)11-29(21)15-2-3-28-12-27-8-16(28)6-15/h2-6,8-12H,25H2,1H3. The molecule has 0 saturated heterocycles. The second kappa shape index (κ2) is 6.36. The molecule has 5 rings (SSSR count). The van der Waals surface area contributed by atoms with Crippen LogP contribution in [0, 0.1) is 18.3 Å². The molecule has 5 aromatic rings. The van der Waals surface area contributed by atoms with Crippen LogP contribution in [0.2, 0.25) is 5.02 Å². The minimum absolute atomic E-state index is 0.415. The lowest BCUT2D eigenvalue weighted by atomic mass is 10.0. The van der Waals surface area contributed by atoms with E-state index in [0.29, 0.717) is 16.3 Å². The molecule has 0 amide bonds. The van der Waals surface area contributed by atoms with Crippen LogP contribution in [0.4, 0.5) is 5.69 Å². The summed E-state index contributed by atoms with van der Waals surface area (Å²) in [5.74, 6) is 0. The van der Waals surface area contributed by atoms with E-state index in [-0.39, 0.29) is 0 Å². The number of nitrogens with two attached hydrogens (primary N) is 1. The first-order valence-electron chi connectivity index (χ1n) is 8.94. The predicted molar refractivity (Wildman–Crippen MR) is 114 cm³/mol. The number of aromatic nitrogens is 4. The van der Waals surface area contributed by atoms with Gasteiger partial charge in [0.25, 0.3) is 0 Å². The molecule has 0 saturated carbocycles. The largest absolute Gasteiger partial charge is 0.396 e. The van der Waals surface area contributed by atoms with Crippen LogP contribution in [0.15, 0.2) is 61.6 Å². The molecular formula is C22H15ClN6. The molecule has 0 unspecified atom stereocenters. The van der Waals surface area contributed by atoms with Crippen molar-refractivity contribution in [2.24, 2.45) is 0 Å². The van der Waals surface area contributed by atoms with E-state index in [9.17, 15) is 5.26 Å². The molecule has 2 N–H and O–H groups in total. The van der Waals surface area contributed by atoms with Crippen molar-refractivity contribution in [2.45, 2.75) is 6.92 Å². The molecule has 0 atom stereocenters. The summed E-state index contributed by atoms with van der Waals surface area (Å²) in [7, 11) is 0. The van der Waals surface area contributed by atoms with E-state index >= 15 is 0 Å². The first-order valence-corrected chi connectivity index (χ1v) is 9.32. The molecule has 0 fully saturated rings. The van der Waals surface area contributed by atoms with Gasteiger partial charge in [-0.1, -0.05) is 11.6 Å². The zero-order valence-electron chi connectivity index (χ0n) is 15.5. The smallest absolute Gasteiger partial charge is 0.0994 e. The Labute approximate surface area is 171 Å². The van der Waals surface area contributed by atoms with Gasteiger partial charge in [-0.3, -0.25) is 4.98 Å². The molecule has 4 aromatic heterocycles. The second-order valence-electron chi connectivity index (χ2n) is 6.91. The third kappa shape index (κ3) is 2.64. The van der Waals surface area contributed by atoms with E-state index < -0.39 is 0 Å². The van der Waals surface area contributed by atoms with Crippen LogP contribution in [0.1, 0.15) is 11.1 Å². The number of nitriles is 1. The third-order valence-corrected chi connectivity index (χ3v) is 5.57. The molecule has 140 valence electrons. The fourth-order valence-corrected chi connectivity index (χ4v) is 3.83. The Morgan fingerprint density at radius 1 is 1.10 bits per heavy atom. The number of hydrogen-bond donors (Lipinski definition) is 1. The van der Waals surface area contributed by atoms with Crippen LogP contribution < -0.4 is 5.73 Å². The normalized spacial score (nSPS) is 11.2. The molecule has 0 aliphatic carbocycles. The summed E-state index contributed by atoms with van der Waals surface area (Å²) >= 11 is 6.50. The molecule has 1 aromatic carbocycles. The Hall–Kier alpha value is -3.82. The van der Waals surface area contributed by atoms with E-state index in [2.05, 4.69) is 26.7 Å². The fraction of sp³-hybridized carbons (Fsp3) is 0.0455. The van der Waals surface area contributed by atoms with Crippen LogP contribution in [-0.4, -0.2) is 18.9 Å². The highest BCUT2D eigenvalue weighted by molar-refractivity contribution is 6.36. The number of halogens is 1. The SMILES string of the molecule is Cc1cc2c(cc1C#N)c(-c1cncc(N)c1Cl)cn2-c1ccn2cncc2c1. The van der Waals surface area contributed by atoms with Gasteiger partial charge >= 0.3 is 0 Å². The predicted octanol–water partition coefficient (Wildman–Crippen LogP) is 4.76. The second-order valence-corrected chi connectivity index (χ2v) is 7.29. The van der Waals surface area contributed by atoms with Gasteiger partial charge < -0.3 is 14.7 Å². The quantitative estimate of drug-likeness (QED) is 0.464. The highest BCUT2D eigenvalue weighted by Crippen LogP contribution is 2.39. The summed E-state index contributed by atoms with van der Waals surface area (Å²) in [6.45, 7) is 1.93. The van der Waals surface area contributed by atoms with Crippen molar-refractivity contribution in [3.8, 4) is 22.9 Å². The maximum Gasteiger partial charge on any atom is 0.0994 e. The highest BCUT2D eigenvalue weighted by Gasteiger charge is 2.17. The average molecular weight is 399 g/mol. The lowest BCUT2D eigenvalue weighted by Crippen LogP contribution is -1.94. The lowest BCUT2D eigenvalue weighted by Gasteiger charge is -2.07. The first kappa shape index (κ1) is 17.3. The Bertz CT molecular complexity index is 1450. The summed E-state index contributed by atoms with van der Waals surface area (Å²) in [6, 6.07) is 10.3. The third-order valence-electron chi connectivity index (χ3n) is 5.14. The highest BCUT2D eigenvalue weighted by atomic mass is 35.5. The molecule has 0 radical (unpaired) electrons. The number of pyridine rings is 2. The van der Waals surface area contributed by atoms with Crippen molar-refractivity contribution >= 4 is 33.7 Å². The van der Waals surface area contributed by atoms with Gasteiger partial charge in [-0.15, -0.1) is 0 Å². The minimum atomic E-state index is 0.415. The van der Waals surface area contributed by atoms with Gasteiger partial charge in [-0.2, -0.15) is 5.26 Å². The average Bonchev–Trinajstić information content (AvgIpc) is 3.33. The number of benzene rings is 1. The summed E-state index contributed by atoms with van der Waals surface area (Å²) in [6.07, 6.45) is 10.8. The summed E-state index contributed by atoms with van der Waals surface area (Å²) in [4.78, 5) is 8.40. The lowest BCUT2D eigenvalue weighted by molar-refractivity contribution is 1.09. The molecule has 0 aliphatic rings. The number of nitrogens with zero attached hydrogens (tertiary/aromatic N) is 5. The van der Waals surface area contributed by atoms with E-state index in [1.54, 1.807) is 12.5 Å². The summed E-state index contributed by atoms with van der Waals surface area (Å²) < 4.78 is 4.04. The van der Waals surface area contributed by atoms with E-state index in [0.717, 1.165) is 38.8 Å². The maximum absolute atomic E-state index is 9.53. The zero-order chi connectivity index (χ0) is 20.1. The van der Waals surface area contributed by atoms with Gasteiger partial charge in [0.05, 0.1) is 52.1 Å². The van der Waals surface area contributed by atoms with Crippen molar-refractivity contribution in [2.75, 3.05) is 5.73 Å². The number of aryl methyl sites for hydroxylation is 1. The van der Waals surface area contributed by atoms with Gasteiger partial charge in [0.2, 0.25) is 0 Å². The van der Waals surface area contributed by atoms with E-state index in [1.165, 1.54) is 6.20 Å². The Morgan fingerprint density at radius 2 is 1.97 bits per heavy atom.